The highest BCUT2D eigenvalue weighted by atomic mass is 35.5. The molecule has 17 heavy (non-hydrogen) atoms. The number of halogens is 2. The van der Waals surface area contributed by atoms with Crippen LogP contribution in [0.1, 0.15) is 31.7 Å². The Hall–Kier alpha value is -0.440. The zero-order valence-corrected chi connectivity index (χ0v) is 11.7. The third-order valence-corrected chi connectivity index (χ3v) is 3.69. The number of hydrogen-bond acceptors (Lipinski definition) is 2. The van der Waals surface area contributed by atoms with Gasteiger partial charge >= 0.3 is 0 Å². The van der Waals surface area contributed by atoms with Crippen molar-refractivity contribution in [3.8, 4) is 5.75 Å². The minimum atomic E-state index is 0.316. The Morgan fingerprint density at radius 2 is 2.06 bits per heavy atom. The van der Waals surface area contributed by atoms with Crippen molar-refractivity contribution < 1.29 is 9.47 Å². The third-order valence-electron chi connectivity index (χ3n) is 3.19. The van der Waals surface area contributed by atoms with Gasteiger partial charge in [-0.2, -0.15) is 0 Å². The minimum Gasteiger partial charge on any atom is -0.495 e. The Kier molecular flexibility index (Phi) is 3.86. The molecule has 0 bridgehead atoms. The average Bonchev–Trinajstić information content (AvgIpc) is 2.93. The van der Waals surface area contributed by atoms with E-state index in [0.717, 1.165) is 17.7 Å². The lowest BCUT2D eigenvalue weighted by atomic mass is 9.94. The monoisotopic (exact) mass is 274 g/mol. The van der Waals surface area contributed by atoms with Crippen LogP contribution in [0, 0.1) is 0 Å². The van der Waals surface area contributed by atoms with Gasteiger partial charge in [-0.3, -0.25) is 0 Å². The minimum absolute atomic E-state index is 0.316. The molecule has 1 aromatic carbocycles. The molecule has 1 heterocycles. The molecule has 94 valence electrons. The highest BCUT2D eigenvalue weighted by Gasteiger charge is 2.36. The van der Waals surface area contributed by atoms with Crippen LogP contribution in [-0.2, 0) is 4.74 Å². The first-order chi connectivity index (χ1) is 8.02. The Labute approximate surface area is 112 Å². The van der Waals surface area contributed by atoms with Crippen molar-refractivity contribution in [1.82, 2.24) is 0 Å². The van der Waals surface area contributed by atoms with Gasteiger partial charge in [-0.1, -0.05) is 30.1 Å². The quantitative estimate of drug-likeness (QED) is 0.765. The molecule has 1 saturated heterocycles. The van der Waals surface area contributed by atoms with Crippen LogP contribution in [-0.4, -0.2) is 19.3 Å². The Bertz CT molecular complexity index is 420. The van der Waals surface area contributed by atoms with Crippen molar-refractivity contribution in [1.29, 1.82) is 0 Å². The zero-order valence-electron chi connectivity index (χ0n) is 10.2. The molecule has 0 saturated carbocycles. The molecule has 0 spiro atoms. The molecule has 2 rings (SSSR count). The fourth-order valence-corrected chi connectivity index (χ4v) is 2.70. The van der Waals surface area contributed by atoms with Gasteiger partial charge in [0.2, 0.25) is 0 Å². The van der Waals surface area contributed by atoms with Gasteiger partial charge < -0.3 is 9.47 Å². The second kappa shape index (κ2) is 5.05. The normalized spacial score (nSPS) is 24.5. The van der Waals surface area contributed by atoms with Gasteiger partial charge in [-0.25, -0.2) is 0 Å². The number of ether oxygens (including phenoxy) is 2. The van der Waals surface area contributed by atoms with Crippen molar-refractivity contribution in [3.63, 3.8) is 0 Å². The lowest BCUT2D eigenvalue weighted by Crippen LogP contribution is -2.03. The summed E-state index contributed by atoms with van der Waals surface area (Å²) in [6, 6.07) is 3.62. The summed E-state index contributed by atoms with van der Waals surface area (Å²) in [5.41, 5.74) is 1.05. The molecule has 0 amide bonds. The fourth-order valence-electron chi connectivity index (χ4n) is 2.11. The molecule has 1 aromatic rings. The summed E-state index contributed by atoms with van der Waals surface area (Å²) in [7, 11) is 1.63. The van der Waals surface area contributed by atoms with Crippen molar-refractivity contribution in [2.45, 2.75) is 38.4 Å². The molecule has 1 aliphatic heterocycles. The van der Waals surface area contributed by atoms with Gasteiger partial charge in [0.1, 0.15) is 5.75 Å². The van der Waals surface area contributed by atoms with E-state index >= 15 is 0 Å². The Balaban J connectivity index is 2.23. The van der Waals surface area contributed by atoms with E-state index in [4.69, 9.17) is 32.7 Å². The van der Waals surface area contributed by atoms with Gasteiger partial charge in [-0.15, -0.1) is 0 Å². The molecule has 2 nitrogen and oxygen atoms in total. The summed E-state index contributed by atoms with van der Waals surface area (Å²) >= 11 is 12.2. The molecule has 1 fully saturated rings. The molecule has 0 aliphatic carbocycles. The number of benzene rings is 1. The van der Waals surface area contributed by atoms with Crippen LogP contribution >= 0.6 is 23.2 Å². The molecule has 4 heteroatoms. The smallest absolute Gasteiger partial charge is 0.141 e. The summed E-state index contributed by atoms with van der Waals surface area (Å²) < 4.78 is 10.8. The summed E-state index contributed by atoms with van der Waals surface area (Å²) in [6.07, 6.45) is 1.69. The summed E-state index contributed by atoms with van der Waals surface area (Å²) in [5.74, 6) is 1.04. The number of rotatable bonds is 4. The van der Waals surface area contributed by atoms with Crippen LogP contribution in [0.2, 0.25) is 10.0 Å². The largest absolute Gasteiger partial charge is 0.495 e. The number of methoxy groups -OCH3 is 1. The van der Waals surface area contributed by atoms with Crippen LogP contribution in [0.25, 0.3) is 0 Å². The van der Waals surface area contributed by atoms with Crippen molar-refractivity contribution >= 4 is 23.2 Å². The number of epoxide rings is 1. The lowest BCUT2D eigenvalue weighted by Gasteiger charge is -2.16. The third kappa shape index (κ3) is 2.87. The first-order valence-corrected chi connectivity index (χ1v) is 6.47. The Morgan fingerprint density at radius 1 is 1.41 bits per heavy atom. The van der Waals surface area contributed by atoms with Crippen LogP contribution in [0.3, 0.4) is 0 Å². The van der Waals surface area contributed by atoms with Gasteiger partial charge in [0.05, 0.1) is 24.3 Å². The van der Waals surface area contributed by atoms with Crippen LogP contribution in [0.4, 0.5) is 0 Å². The predicted octanol–water partition coefficient (Wildman–Crippen LogP) is 4.28. The van der Waals surface area contributed by atoms with E-state index in [9.17, 15) is 0 Å². The first kappa shape index (κ1) is 13.0. The fraction of sp³-hybridized carbons (Fsp3) is 0.538. The van der Waals surface area contributed by atoms with E-state index in [1.54, 1.807) is 13.2 Å². The molecule has 0 N–H and O–H groups in total. The van der Waals surface area contributed by atoms with Crippen molar-refractivity contribution in [2.75, 3.05) is 7.11 Å². The van der Waals surface area contributed by atoms with Crippen LogP contribution in [0.5, 0.6) is 5.75 Å². The molecular formula is C13H16Cl2O2. The molecule has 0 aromatic heterocycles. The first-order valence-electron chi connectivity index (χ1n) is 5.71. The maximum Gasteiger partial charge on any atom is 0.141 e. The lowest BCUT2D eigenvalue weighted by molar-refractivity contribution is 0.358. The highest BCUT2D eigenvalue weighted by molar-refractivity contribution is 6.35. The maximum absolute atomic E-state index is 6.12. The highest BCUT2D eigenvalue weighted by Crippen LogP contribution is 2.40. The Morgan fingerprint density at radius 3 is 2.59 bits per heavy atom. The van der Waals surface area contributed by atoms with E-state index in [2.05, 4.69) is 13.8 Å². The van der Waals surface area contributed by atoms with Crippen molar-refractivity contribution in [3.05, 3.63) is 27.7 Å². The van der Waals surface area contributed by atoms with E-state index in [0.29, 0.717) is 28.2 Å². The maximum atomic E-state index is 6.12. The second-order valence-electron chi connectivity index (χ2n) is 4.53. The van der Waals surface area contributed by atoms with Gasteiger partial charge in [0.15, 0.2) is 0 Å². The van der Waals surface area contributed by atoms with E-state index in [1.807, 2.05) is 6.07 Å². The second-order valence-corrected chi connectivity index (χ2v) is 5.37. The topological polar surface area (TPSA) is 21.8 Å². The summed E-state index contributed by atoms with van der Waals surface area (Å²) in [6.45, 7) is 4.22. The molecular weight excluding hydrogens is 259 g/mol. The van der Waals surface area contributed by atoms with E-state index in [1.165, 1.54) is 0 Å². The summed E-state index contributed by atoms with van der Waals surface area (Å²) in [4.78, 5) is 0. The van der Waals surface area contributed by atoms with Gasteiger partial charge in [0, 0.05) is 10.6 Å². The van der Waals surface area contributed by atoms with Gasteiger partial charge in [0.25, 0.3) is 0 Å². The molecule has 0 radical (unpaired) electrons. The molecule has 1 aliphatic rings. The van der Waals surface area contributed by atoms with Gasteiger partial charge in [-0.05, 0) is 31.4 Å². The van der Waals surface area contributed by atoms with E-state index in [-0.39, 0.29) is 0 Å². The SMILES string of the molecule is COc1c(Cl)cc(Cl)cc1C(C)CC1OC1C. The average molecular weight is 275 g/mol. The van der Waals surface area contributed by atoms with E-state index < -0.39 is 0 Å². The molecule has 3 unspecified atom stereocenters. The van der Waals surface area contributed by atoms with Crippen LogP contribution in [0.15, 0.2) is 12.1 Å². The zero-order chi connectivity index (χ0) is 12.6. The summed E-state index contributed by atoms with van der Waals surface area (Å²) in [5, 5.41) is 1.20. The number of hydrogen-bond donors (Lipinski definition) is 0. The van der Waals surface area contributed by atoms with Crippen LogP contribution < -0.4 is 4.74 Å². The standard InChI is InChI=1S/C13H16Cl2O2/c1-7(4-12-8(2)17-12)10-5-9(14)6-11(15)13(10)16-3/h5-8,12H,4H2,1-3H3. The van der Waals surface area contributed by atoms with Crippen molar-refractivity contribution in [2.24, 2.45) is 0 Å². The molecule has 3 atom stereocenters. The predicted molar refractivity (Wildman–Crippen MR) is 70.4 cm³/mol.